The van der Waals surface area contributed by atoms with Gasteiger partial charge in [-0.2, -0.15) is 0 Å². The van der Waals surface area contributed by atoms with Gasteiger partial charge < -0.3 is 14.2 Å². The number of thioether (sulfide) groups is 1. The van der Waals surface area contributed by atoms with Crippen LogP contribution in [0.4, 0.5) is 0 Å². The van der Waals surface area contributed by atoms with E-state index < -0.39 is 18.0 Å². The maximum absolute atomic E-state index is 13.0. The van der Waals surface area contributed by atoms with E-state index in [1.54, 1.807) is 6.92 Å². The maximum Gasteiger partial charge on any atom is 0.368 e. The Labute approximate surface area is 178 Å². The summed E-state index contributed by atoms with van der Waals surface area (Å²) in [6.07, 6.45) is -0.761. The van der Waals surface area contributed by atoms with Crippen molar-refractivity contribution >= 4 is 35.7 Å². The van der Waals surface area contributed by atoms with Gasteiger partial charge in [0, 0.05) is 20.6 Å². The Morgan fingerprint density at radius 1 is 1.07 bits per heavy atom. The molecule has 2 aliphatic rings. The number of carbonyl (C=O) groups is 2. The second-order valence-electron chi connectivity index (χ2n) is 7.15. The number of carbonyl (C=O) groups excluding carboxylic acids is 2. The Bertz CT molecular complexity index is 946. The monoisotopic (exact) mass is 427 g/mol. The number of amides is 1. The third kappa shape index (κ3) is 3.70. The van der Waals surface area contributed by atoms with Gasteiger partial charge in [-0.25, -0.2) is 4.79 Å². The van der Waals surface area contributed by atoms with Crippen molar-refractivity contribution < 1.29 is 18.9 Å². The summed E-state index contributed by atoms with van der Waals surface area (Å²) in [5.74, 6) is -1.33. The molecule has 0 spiro atoms. The number of rotatable bonds is 6. The van der Waals surface area contributed by atoms with E-state index in [1.807, 2.05) is 67.6 Å². The maximum atomic E-state index is 13.0. The topological polar surface area (TPSA) is 66.8 Å². The molecule has 1 amide bonds. The molecule has 0 radical (unpaired) electrons. The number of nitrogens with zero attached hydrogens (tertiary/aromatic N) is 1. The molecule has 2 aliphatic heterocycles. The van der Waals surface area contributed by atoms with E-state index in [4.69, 9.17) is 4.18 Å². The fraction of sp³-hybridized carbons (Fsp3) is 0.273. The van der Waals surface area contributed by atoms with Crippen LogP contribution in [0, 0.1) is 11.8 Å². The van der Waals surface area contributed by atoms with Crippen LogP contribution in [0.1, 0.15) is 13.8 Å². The van der Waals surface area contributed by atoms with E-state index in [0.717, 1.165) is 26.7 Å². The zero-order valence-corrected chi connectivity index (χ0v) is 17.7. The molecule has 5 nitrogen and oxygen atoms in total. The quantitative estimate of drug-likeness (QED) is 0.553. The summed E-state index contributed by atoms with van der Waals surface area (Å²) in [5, 5.41) is 10.1. The van der Waals surface area contributed by atoms with E-state index >= 15 is 0 Å². The Morgan fingerprint density at radius 2 is 1.66 bits per heavy atom. The lowest BCUT2D eigenvalue weighted by Crippen LogP contribution is -2.63. The van der Waals surface area contributed by atoms with Crippen LogP contribution in [0.5, 0.6) is 0 Å². The van der Waals surface area contributed by atoms with Crippen LogP contribution in [0.2, 0.25) is 0 Å². The third-order valence-electron chi connectivity index (χ3n) is 5.23. The van der Waals surface area contributed by atoms with Crippen molar-refractivity contribution in [1.29, 1.82) is 0 Å². The van der Waals surface area contributed by atoms with E-state index in [9.17, 15) is 14.7 Å². The number of aliphatic hydroxyl groups excluding tert-OH is 1. The van der Waals surface area contributed by atoms with Gasteiger partial charge in [0.15, 0.2) is 0 Å². The second kappa shape index (κ2) is 8.26. The molecule has 4 rings (SSSR count). The highest BCUT2D eigenvalue weighted by Crippen LogP contribution is 2.52. The average Bonchev–Trinajstić information content (AvgIpc) is 2.96. The Hall–Kier alpha value is -2.22. The van der Waals surface area contributed by atoms with Gasteiger partial charge in [0.05, 0.1) is 30.1 Å². The van der Waals surface area contributed by atoms with Crippen LogP contribution in [0.25, 0.3) is 0 Å². The molecule has 2 heterocycles. The van der Waals surface area contributed by atoms with Gasteiger partial charge >= 0.3 is 5.97 Å². The molecule has 0 saturated carbocycles. The molecule has 2 aromatic carbocycles. The van der Waals surface area contributed by atoms with Crippen molar-refractivity contribution in [3.05, 3.63) is 71.3 Å². The third-order valence-corrected chi connectivity index (χ3v) is 7.22. The van der Waals surface area contributed by atoms with Crippen molar-refractivity contribution in [2.75, 3.05) is 0 Å². The van der Waals surface area contributed by atoms with Crippen molar-refractivity contribution in [2.24, 2.45) is 11.8 Å². The normalized spacial score (nSPS) is 24.2. The summed E-state index contributed by atoms with van der Waals surface area (Å²) in [5.41, 5.74) is 0.293. The summed E-state index contributed by atoms with van der Waals surface area (Å²) in [6, 6.07) is 18.8. The second-order valence-corrected chi connectivity index (χ2v) is 9.07. The van der Waals surface area contributed by atoms with Gasteiger partial charge in [0.2, 0.25) is 5.91 Å². The Morgan fingerprint density at radius 3 is 2.24 bits per heavy atom. The molecular weight excluding hydrogens is 406 g/mol. The molecule has 29 heavy (non-hydrogen) atoms. The molecule has 1 N–H and O–H groups in total. The minimum atomic E-state index is -0.761. The molecule has 7 heteroatoms. The van der Waals surface area contributed by atoms with Gasteiger partial charge in [-0.05, 0) is 31.2 Å². The van der Waals surface area contributed by atoms with Crippen molar-refractivity contribution in [1.82, 2.24) is 4.90 Å². The first-order valence-electron chi connectivity index (χ1n) is 9.41. The summed E-state index contributed by atoms with van der Waals surface area (Å²) >= 11 is 2.46. The van der Waals surface area contributed by atoms with Crippen LogP contribution >= 0.6 is 23.8 Å². The molecular formula is C22H21NO4S2. The van der Waals surface area contributed by atoms with Crippen LogP contribution in [-0.4, -0.2) is 34.0 Å². The standard InChI is InChI=1S/C22H21NO4S2/c1-13-18-17(14(2)24)21(25)23(18)19(20(13)28-15-9-5-3-6-10-15)22(26)27-29-16-11-7-4-8-12-16/h3-14,17-18,24H,1-2H3/t13-,14-,17+,18+/m1/s1. The lowest BCUT2D eigenvalue weighted by atomic mass is 9.79. The first-order valence-corrected chi connectivity index (χ1v) is 11.0. The van der Waals surface area contributed by atoms with Crippen LogP contribution in [0.15, 0.2) is 81.1 Å². The molecule has 0 bridgehead atoms. The molecule has 0 unspecified atom stereocenters. The van der Waals surface area contributed by atoms with Gasteiger partial charge in [0.1, 0.15) is 5.70 Å². The van der Waals surface area contributed by atoms with E-state index in [-0.39, 0.29) is 17.9 Å². The van der Waals surface area contributed by atoms with Crippen molar-refractivity contribution in [3.8, 4) is 0 Å². The molecule has 1 fully saturated rings. The number of fused-ring (bicyclic) bond motifs is 1. The fourth-order valence-electron chi connectivity index (χ4n) is 3.86. The van der Waals surface area contributed by atoms with Crippen LogP contribution in [-0.2, 0) is 13.8 Å². The highest BCUT2D eigenvalue weighted by molar-refractivity contribution is 8.03. The number of β-lactam (4-membered cyclic amide) rings is 1. The fourth-order valence-corrected chi connectivity index (χ4v) is 5.53. The Kier molecular flexibility index (Phi) is 5.72. The predicted molar refractivity (Wildman–Crippen MR) is 113 cm³/mol. The number of aliphatic hydroxyl groups is 1. The molecule has 150 valence electrons. The number of benzene rings is 2. The largest absolute Gasteiger partial charge is 0.393 e. The summed E-state index contributed by atoms with van der Waals surface area (Å²) < 4.78 is 5.48. The summed E-state index contributed by atoms with van der Waals surface area (Å²) in [7, 11) is 0. The number of hydrogen-bond donors (Lipinski definition) is 1. The SMILES string of the molecule is C[C@@H](O)[C@@H]1C(=O)N2C(C(=O)OSc3ccccc3)=C(Sc3ccccc3)[C@H](C)[C@@H]12. The first kappa shape index (κ1) is 20.1. The van der Waals surface area contributed by atoms with Crippen LogP contribution < -0.4 is 0 Å². The lowest BCUT2D eigenvalue weighted by molar-refractivity contribution is -0.162. The van der Waals surface area contributed by atoms with Crippen molar-refractivity contribution in [3.63, 3.8) is 0 Å². The lowest BCUT2D eigenvalue weighted by Gasteiger charge is -2.46. The highest BCUT2D eigenvalue weighted by atomic mass is 32.2. The molecule has 1 saturated heterocycles. The van der Waals surface area contributed by atoms with Gasteiger partial charge in [-0.3, -0.25) is 4.79 Å². The van der Waals surface area contributed by atoms with Crippen molar-refractivity contribution in [2.45, 2.75) is 35.8 Å². The number of hydrogen-bond acceptors (Lipinski definition) is 6. The molecule has 2 aromatic rings. The van der Waals surface area contributed by atoms with Gasteiger partial charge in [0.25, 0.3) is 0 Å². The zero-order valence-electron chi connectivity index (χ0n) is 16.0. The molecule has 0 aliphatic carbocycles. The minimum Gasteiger partial charge on any atom is -0.393 e. The molecule has 0 aromatic heterocycles. The van der Waals surface area contributed by atoms with Gasteiger partial charge in [-0.1, -0.05) is 55.1 Å². The minimum absolute atomic E-state index is 0.0678. The smallest absolute Gasteiger partial charge is 0.368 e. The molecule has 4 atom stereocenters. The zero-order chi connectivity index (χ0) is 20.5. The average molecular weight is 428 g/mol. The van der Waals surface area contributed by atoms with Crippen LogP contribution in [0.3, 0.4) is 0 Å². The Balaban J connectivity index is 1.63. The summed E-state index contributed by atoms with van der Waals surface area (Å²) in [6.45, 7) is 3.62. The van der Waals surface area contributed by atoms with Gasteiger partial charge in [-0.15, -0.1) is 0 Å². The van der Waals surface area contributed by atoms with E-state index in [0.29, 0.717) is 5.70 Å². The van der Waals surface area contributed by atoms with E-state index in [2.05, 4.69) is 0 Å². The predicted octanol–water partition coefficient (Wildman–Crippen LogP) is 4.10. The summed E-state index contributed by atoms with van der Waals surface area (Å²) in [4.78, 5) is 29.8. The van der Waals surface area contributed by atoms with E-state index in [1.165, 1.54) is 16.7 Å². The highest BCUT2D eigenvalue weighted by Gasteiger charge is 2.60. The first-order chi connectivity index (χ1) is 14.0.